The van der Waals surface area contributed by atoms with Crippen LogP contribution in [0.15, 0.2) is 24.3 Å². The van der Waals surface area contributed by atoms with Crippen molar-refractivity contribution in [2.45, 2.75) is 32.2 Å². The number of hydrogen-bond acceptors (Lipinski definition) is 3. The zero-order valence-corrected chi connectivity index (χ0v) is 15.1. The molecular weight excluding hydrogens is 318 g/mol. The van der Waals surface area contributed by atoms with Gasteiger partial charge in [0.1, 0.15) is 5.75 Å². The van der Waals surface area contributed by atoms with Gasteiger partial charge < -0.3 is 19.4 Å². The molecule has 136 valence electrons. The van der Waals surface area contributed by atoms with E-state index in [4.69, 9.17) is 4.74 Å². The number of benzene rings is 1. The van der Waals surface area contributed by atoms with E-state index in [9.17, 15) is 9.59 Å². The average Bonchev–Trinajstić information content (AvgIpc) is 3.03. The monoisotopic (exact) mass is 345 g/mol. The third-order valence-electron chi connectivity index (χ3n) is 5.28. The standard InChI is InChI=1S/C19H27N3O3/c1-3-20-12-13-22(19(20)24)16-8-10-21(11-9-16)18(23)14-15-4-6-17(25-2)7-5-15/h4-7,16H,3,8-14H2,1-2H3. The lowest BCUT2D eigenvalue weighted by Gasteiger charge is -2.36. The van der Waals surface area contributed by atoms with Gasteiger partial charge >= 0.3 is 6.03 Å². The summed E-state index contributed by atoms with van der Waals surface area (Å²) in [5, 5.41) is 0. The van der Waals surface area contributed by atoms with Crippen molar-refractivity contribution in [2.24, 2.45) is 0 Å². The molecule has 2 aliphatic heterocycles. The highest BCUT2D eigenvalue weighted by molar-refractivity contribution is 5.79. The molecule has 3 amide bonds. The molecule has 25 heavy (non-hydrogen) atoms. The molecule has 0 atom stereocenters. The molecule has 6 nitrogen and oxygen atoms in total. The van der Waals surface area contributed by atoms with Gasteiger partial charge in [-0.2, -0.15) is 0 Å². The van der Waals surface area contributed by atoms with Crippen molar-refractivity contribution in [2.75, 3.05) is 39.8 Å². The number of likely N-dealkylation sites (N-methyl/N-ethyl adjacent to an activating group) is 1. The number of piperidine rings is 1. The van der Waals surface area contributed by atoms with Crippen LogP contribution in [0.3, 0.4) is 0 Å². The first-order valence-corrected chi connectivity index (χ1v) is 9.08. The van der Waals surface area contributed by atoms with Crippen LogP contribution in [0, 0.1) is 0 Å². The molecule has 2 heterocycles. The Morgan fingerprint density at radius 3 is 2.36 bits per heavy atom. The molecule has 0 aliphatic carbocycles. The Bertz CT molecular complexity index is 609. The molecule has 0 spiro atoms. The highest BCUT2D eigenvalue weighted by atomic mass is 16.5. The Morgan fingerprint density at radius 2 is 1.80 bits per heavy atom. The fraction of sp³-hybridized carbons (Fsp3) is 0.579. The number of amides is 3. The van der Waals surface area contributed by atoms with Crippen LogP contribution in [0.2, 0.25) is 0 Å². The molecule has 3 rings (SSSR count). The van der Waals surface area contributed by atoms with Crippen molar-refractivity contribution < 1.29 is 14.3 Å². The number of urea groups is 1. The second-order valence-corrected chi connectivity index (χ2v) is 6.69. The van der Waals surface area contributed by atoms with Crippen LogP contribution in [0.1, 0.15) is 25.3 Å². The topological polar surface area (TPSA) is 53.1 Å². The summed E-state index contributed by atoms with van der Waals surface area (Å²) in [5.41, 5.74) is 1.00. The van der Waals surface area contributed by atoms with E-state index in [2.05, 4.69) is 0 Å². The number of ether oxygens (including phenoxy) is 1. The van der Waals surface area contributed by atoms with Crippen LogP contribution in [-0.4, -0.2) is 72.5 Å². The fourth-order valence-corrected chi connectivity index (χ4v) is 3.69. The minimum absolute atomic E-state index is 0.158. The molecule has 0 aromatic heterocycles. The predicted octanol–water partition coefficient (Wildman–Crippen LogP) is 1.99. The van der Waals surface area contributed by atoms with Crippen LogP contribution < -0.4 is 4.74 Å². The summed E-state index contributed by atoms with van der Waals surface area (Å²) in [6.07, 6.45) is 2.16. The van der Waals surface area contributed by atoms with E-state index in [1.165, 1.54) is 0 Å². The van der Waals surface area contributed by atoms with E-state index in [0.717, 1.165) is 56.9 Å². The van der Waals surface area contributed by atoms with Gasteiger partial charge in [0.25, 0.3) is 0 Å². The van der Waals surface area contributed by atoms with E-state index in [1.54, 1.807) is 7.11 Å². The smallest absolute Gasteiger partial charge is 0.320 e. The lowest BCUT2D eigenvalue weighted by atomic mass is 10.0. The zero-order chi connectivity index (χ0) is 17.8. The predicted molar refractivity (Wildman–Crippen MR) is 95.6 cm³/mol. The third kappa shape index (κ3) is 3.89. The molecule has 0 unspecified atom stereocenters. The summed E-state index contributed by atoms with van der Waals surface area (Å²) in [6, 6.07) is 8.07. The van der Waals surface area contributed by atoms with Gasteiger partial charge in [0, 0.05) is 38.8 Å². The van der Waals surface area contributed by atoms with Crippen LogP contribution in [0.4, 0.5) is 4.79 Å². The van der Waals surface area contributed by atoms with Crippen molar-refractivity contribution in [1.29, 1.82) is 0 Å². The van der Waals surface area contributed by atoms with Crippen LogP contribution in [0.5, 0.6) is 5.75 Å². The summed E-state index contributed by atoms with van der Waals surface area (Å²) in [6.45, 7) is 5.89. The van der Waals surface area contributed by atoms with Gasteiger partial charge in [0.05, 0.1) is 13.5 Å². The molecule has 0 N–H and O–H groups in total. The molecule has 1 aromatic carbocycles. The number of likely N-dealkylation sites (tertiary alicyclic amines) is 1. The molecule has 1 aromatic rings. The van der Waals surface area contributed by atoms with Gasteiger partial charge in [-0.05, 0) is 37.5 Å². The van der Waals surface area contributed by atoms with Crippen LogP contribution in [0.25, 0.3) is 0 Å². The SMILES string of the molecule is CCN1CCN(C2CCN(C(=O)Cc3ccc(OC)cc3)CC2)C1=O. The first-order valence-electron chi connectivity index (χ1n) is 9.08. The Balaban J connectivity index is 1.50. The van der Waals surface area contributed by atoms with Gasteiger partial charge in [-0.15, -0.1) is 0 Å². The number of nitrogens with zero attached hydrogens (tertiary/aromatic N) is 3. The molecular formula is C19H27N3O3. The maximum Gasteiger partial charge on any atom is 0.320 e. The summed E-state index contributed by atoms with van der Waals surface area (Å²) in [5.74, 6) is 0.958. The first kappa shape index (κ1) is 17.6. The largest absolute Gasteiger partial charge is 0.497 e. The Labute approximate surface area is 149 Å². The van der Waals surface area contributed by atoms with Crippen molar-refractivity contribution in [3.63, 3.8) is 0 Å². The highest BCUT2D eigenvalue weighted by Gasteiger charge is 2.35. The van der Waals surface area contributed by atoms with Gasteiger partial charge in [0.15, 0.2) is 0 Å². The van der Waals surface area contributed by atoms with E-state index < -0.39 is 0 Å². The first-order chi connectivity index (χ1) is 12.1. The minimum Gasteiger partial charge on any atom is -0.497 e. The van der Waals surface area contributed by atoms with Crippen molar-refractivity contribution in [1.82, 2.24) is 14.7 Å². The molecule has 0 saturated carbocycles. The number of carbonyl (C=O) groups is 2. The van der Waals surface area contributed by atoms with Gasteiger partial charge in [-0.25, -0.2) is 4.79 Å². The summed E-state index contributed by atoms with van der Waals surface area (Å²) < 4.78 is 5.14. The van der Waals surface area contributed by atoms with Gasteiger partial charge in [-0.3, -0.25) is 4.79 Å². The third-order valence-corrected chi connectivity index (χ3v) is 5.28. The Morgan fingerprint density at radius 1 is 1.12 bits per heavy atom. The van der Waals surface area contributed by atoms with Crippen LogP contribution in [-0.2, 0) is 11.2 Å². The quantitative estimate of drug-likeness (QED) is 0.820. The maximum absolute atomic E-state index is 12.5. The molecule has 0 bridgehead atoms. The second-order valence-electron chi connectivity index (χ2n) is 6.69. The molecule has 0 radical (unpaired) electrons. The maximum atomic E-state index is 12.5. The van der Waals surface area contributed by atoms with E-state index in [1.807, 2.05) is 45.9 Å². The van der Waals surface area contributed by atoms with Crippen molar-refractivity contribution in [3.8, 4) is 5.75 Å². The summed E-state index contributed by atoms with van der Waals surface area (Å²) >= 11 is 0. The number of rotatable bonds is 5. The van der Waals surface area contributed by atoms with E-state index >= 15 is 0 Å². The molecule has 6 heteroatoms. The number of carbonyl (C=O) groups excluding carboxylic acids is 2. The lowest BCUT2D eigenvalue weighted by Crippen LogP contribution is -2.48. The fourth-order valence-electron chi connectivity index (χ4n) is 3.69. The average molecular weight is 345 g/mol. The molecule has 2 aliphatic rings. The van der Waals surface area contributed by atoms with Crippen LogP contribution >= 0.6 is 0 Å². The number of hydrogen-bond donors (Lipinski definition) is 0. The Hall–Kier alpha value is -2.24. The molecule has 2 fully saturated rings. The Kier molecular flexibility index (Phi) is 5.46. The van der Waals surface area contributed by atoms with Crippen molar-refractivity contribution in [3.05, 3.63) is 29.8 Å². The normalized spacial score (nSPS) is 18.8. The number of methoxy groups -OCH3 is 1. The van der Waals surface area contributed by atoms with Crippen molar-refractivity contribution >= 4 is 11.9 Å². The lowest BCUT2D eigenvalue weighted by molar-refractivity contribution is -0.131. The second kappa shape index (κ2) is 7.76. The minimum atomic E-state index is 0.158. The summed E-state index contributed by atoms with van der Waals surface area (Å²) in [7, 11) is 1.63. The van der Waals surface area contributed by atoms with Gasteiger partial charge in [-0.1, -0.05) is 12.1 Å². The van der Waals surface area contributed by atoms with Gasteiger partial charge in [0.2, 0.25) is 5.91 Å². The summed E-state index contributed by atoms with van der Waals surface area (Å²) in [4.78, 5) is 30.6. The molecule has 2 saturated heterocycles. The zero-order valence-electron chi connectivity index (χ0n) is 15.1. The highest BCUT2D eigenvalue weighted by Crippen LogP contribution is 2.22. The van der Waals surface area contributed by atoms with E-state index in [-0.39, 0.29) is 18.0 Å². The van der Waals surface area contributed by atoms with E-state index in [0.29, 0.717) is 6.42 Å².